The van der Waals surface area contributed by atoms with Crippen LogP contribution in [0, 0.1) is 0 Å². The van der Waals surface area contributed by atoms with Gasteiger partial charge >= 0.3 is 0 Å². The number of nitrogens with zero attached hydrogens (tertiary/aromatic N) is 2. The minimum atomic E-state index is -0.693. The molecule has 1 atom stereocenters. The average Bonchev–Trinajstić information content (AvgIpc) is 2.75. The second-order valence-electron chi connectivity index (χ2n) is 3.41. The van der Waals surface area contributed by atoms with Crippen LogP contribution in [0.15, 0.2) is 16.9 Å². The summed E-state index contributed by atoms with van der Waals surface area (Å²) < 4.78 is 4.53. The van der Waals surface area contributed by atoms with Crippen molar-refractivity contribution in [3.05, 3.63) is 18.0 Å². The molecule has 0 spiro atoms. The van der Waals surface area contributed by atoms with Gasteiger partial charge in [-0.2, -0.15) is 0 Å². The molecule has 84 valence electrons. The molecule has 7 heteroatoms. The van der Waals surface area contributed by atoms with E-state index in [4.69, 9.17) is 0 Å². The Hall–Kier alpha value is -2.18. The summed E-state index contributed by atoms with van der Waals surface area (Å²) in [4.78, 5) is 35.4. The Morgan fingerprint density at radius 2 is 2.38 bits per heavy atom. The van der Waals surface area contributed by atoms with Crippen LogP contribution in [0.2, 0.25) is 0 Å². The second kappa shape index (κ2) is 3.76. The van der Waals surface area contributed by atoms with Gasteiger partial charge in [0.05, 0.1) is 0 Å². The Balaban J connectivity index is 2.23. The van der Waals surface area contributed by atoms with Crippen LogP contribution in [0.25, 0.3) is 0 Å². The van der Waals surface area contributed by atoms with Gasteiger partial charge in [-0.3, -0.25) is 19.7 Å². The predicted octanol–water partition coefficient (Wildman–Crippen LogP) is -0.838. The molecule has 0 bridgehead atoms. The van der Waals surface area contributed by atoms with E-state index in [1.807, 2.05) is 0 Å². The van der Waals surface area contributed by atoms with E-state index in [1.165, 1.54) is 12.3 Å². The highest BCUT2D eigenvalue weighted by Gasteiger charge is 2.34. The van der Waals surface area contributed by atoms with Crippen molar-refractivity contribution in [1.82, 2.24) is 15.4 Å². The minimum absolute atomic E-state index is 0.0781. The molecule has 1 aromatic heterocycles. The molecule has 16 heavy (non-hydrogen) atoms. The standard InChI is InChI=1S/C9H9N3O4/c1-5-8(14)10-7(13)4-12(5)9(15)6-2-3-16-11-6/h2-3,5H,4H2,1H3,(H,10,13,14). The molecule has 2 rings (SSSR count). The van der Waals surface area contributed by atoms with E-state index in [9.17, 15) is 14.4 Å². The molecule has 1 fully saturated rings. The fraction of sp³-hybridized carbons (Fsp3) is 0.333. The van der Waals surface area contributed by atoms with Gasteiger partial charge in [0.2, 0.25) is 11.8 Å². The summed E-state index contributed by atoms with van der Waals surface area (Å²) in [6.07, 6.45) is 1.25. The van der Waals surface area contributed by atoms with Gasteiger partial charge in [-0.25, -0.2) is 0 Å². The quantitative estimate of drug-likeness (QED) is 0.627. The van der Waals surface area contributed by atoms with Crippen LogP contribution < -0.4 is 5.32 Å². The first-order chi connectivity index (χ1) is 7.59. The zero-order valence-electron chi connectivity index (χ0n) is 8.47. The lowest BCUT2D eigenvalue weighted by molar-refractivity contribution is -0.138. The summed E-state index contributed by atoms with van der Waals surface area (Å²) in [5, 5.41) is 5.61. The van der Waals surface area contributed by atoms with Gasteiger partial charge in [0, 0.05) is 6.07 Å². The van der Waals surface area contributed by atoms with Gasteiger partial charge in [0.1, 0.15) is 18.8 Å². The minimum Gasteiger partial charge on any atom is -0.364 e. The van der Waals surface area contributed by atoms with Crippen LogP contribution in [0.4, 0.5) is 0 Å². The number of rotatable bonds is 1. The van der Waals surface area contributed by atoms with Crippen molar-refractivity contribution >= 4 is 17.7 Å². The Morgan fingerprint density at radius 1 is 1.62 bits per heavy atom. The number of imide groups is 1. The first-order valence-electron chi connectivity index (χ1n) is 4.64. The molecule has 1 N–H and O–H groups in total. The maximum absolute atomic E-state index is 11.8. The second-order valence-corrected chi connectivity index (χ2v) is 3.41. The molecular weight excluding hydrogens is 214 g/mol. The van der Waals surface area contributed by atoms with Crippen molar-refractivity contribution in [2.45, 2.75) is 13.0 Å². The van der Waals surface area contributed by atoms with E-state index in [0.717, 1.165) is 4.90 Å². The summed E-state index contributed by atoms with van der Waals surface area (Å²) in [7, 11) is 0. The number of hydrogen-bond donors (Lipinski definition) is 1. The zero-order chi connectivity index (χ0) is 11.7. The summed E-state index contributed by atoms with van der Waals surface area (Å²) in [6, 6.07) is 0.688. The Morgan fingerprint density at radius 3 is 3.00 bits per heavy atom. The Labute approximate surface area is 90.4 Å². The van der Waals surface area contributed by atoms with Gasteiger partial charge in [-0.05, 0) is 6.92 Å². The number of carbonyl (C=O) groups is 3. The van der Waals surface area contributed by atoms with Crippen molar-refractivity contribution < 1.29 is 18.9 Å². The van der Waals surface area contributed by atoms with Crippen LogP contribution in [-0.2, 0) is 9.59 Å². The van der Waals surface area contributed by atoms with Crippen molar-refractivity contribution in [3.8, 4) is 0 Å². The van der Waals surface area contributed by atoms with Gasteiger partial charge in [0.25, 0.3) is 5.91 Å². The van der Waals surface area contributed by atoms with E-state index >= 15 is 0 Å². The van der Waals surface area contributed by atoms with Crippen LogP contribution in [0.1, 0.15) is 17.4 Å². The summed E-state index contributed by atoms with van der Waals surface area (Å²) in [5.41, 5.74) is 0.0781. The molecule has 0 saturated carbocycles. The third-order valence-electron chi connectivity index (χ3n) is 2.34. The average molecular weight is 223 g/mol. The van der Waals surface area contributed by atoms with Crippen LogP contribution in [0.3, 0.4) is 0 Å². The van der Waals surface area contributed by atoms with Gasteiger partial charge < -0.3 is 9.42 Å². The van der Waals surface area contributed by atoms with Crippen LogP contribution in [0.5, 0.6) is 0 Å². The highest BCUT2D eigenvalue weighted by molar-refractivity contribution is 6.06. The van der Waals surface area contributed by atoms with Crippen LogP contribution in [-0.4, -0.2) is 40.4 Å². The maximum Gasteiger partial charge on any atom is 0.277 e. The lowest BCUT2D eigenvalue weighted by atomic mass is 10.2. The number of hydrogen-bond acceptors (Lipinski definition) is 5. The monoisotopic (exact) mass is 223 g/mol. The topological polar surface area (TPSA) is 92.5 Å². The fourth-order valence-corrected chi connectivity index (χ4v) is 1.43. The van der Waals surface area contributed by atoms with Crippen molar-refractivity contribution in [2.24, 2.45) is 0 Å². The molecule has 3 amide bonds. The van der Waals surface area contributed by atoms with Gasteiger partial charge in [-0.1, -0.05) is 5.16 Å². The Bertz CT molecular complexity index is 440. The van der Waals surface area contributed by atoms with E-state index in [1.54, 1.807) is 6.92 Å². The zero-order valence-corrected chi connectivity index (χ0v) is 8.47. The van der Waals surface area contributed by atoms with Crippen molar-refractivity contribution in [2.75, 3.05) is 6.54 Å². The largest absolute Gasteiger partial charge is 0.364 e. The summed E-state index contributed by atoms with van der Waals surface area (Å²) in [6.45, 7) is 1.39. The highest BCUT2D eigenvalue weighted by atomic mass is 16.5. The van der Waals surface area contributed by atoms with Crippen molar-refractivity contribution in [3.63, 3.8) is 0 Å². The third-order valence-corrected chi connectivity index (χ3v) is 2.34. The van der Waals surface area contributed by atoms with Crippen LogP contribution >= 0.6 is 0 Å². The van der Waals surface area contributed by atoms with E-state index < -0.39 is 23.8 Å². The summed E-state index contributed by atoms with van der Waals surface area (Å²) in [5.74, 6) is -1.49. The van der Waals surface area contributed by atoms with Gasteiger partial charge in [-0.15, -0.1) is 0 Å². The molecule has 1 aliphatic rings. The number of piperazine rings is 1. The first-order valence-corrected chi connectivity index (χ1v) is 4.64. The molecule has 0 aliphatic carbocycles. The lowest BCUT2D eigenvalue weighted by Crippen LogP contribution is -2.58. The fourth-order valence-electron chi connectivity index (χ4n) is 1.43. The molecule has 2 heterocycles. The molecular formula is C9H9N3O4. The number of amides is 3. The number of aromatic nitrogens is 1. The van der Waals surface area contributed by atoms with E-state index in [2.05, 4.69) is 15.0 Å². The molecule has 1 saturated heterocycles. The molecule has 1 unspecified atom stereocenters. The third kappa shape index (κ3) is 1.67. The predicted molar refractivity (Wildman–Crippen MR) is 50.2 cm³/mol. The highest BCUT2D eigenvalue weighted by Crippen LogP contribution is 2.09. The van der Waals surface area contributed by atoms with Gasteiger partial charge in [0.15, 0.2) is 5.69 Å². The Kier molecular flexibility index (Phi) is 2.43. The number of nitrogens with one attached hydrogen (secondary N) is 1. The number of carbonyl (C=O) groups excluding carboxylic acids is 3. The SMILES string of the molecule is CC1C(=O)NC(=O)CN1C(=O)c1ccon1. The molecule has 1 aliphatic heterocycles. The maximum atomic E-state index is 11.8. The smallest absolute Gasteiger partial charge is 0.277 e. The molecule has 0 radical (unpaired) electrons. The first kappa shape index (κ1) is 10.3. The van der Waals surface area contributed by atoms with Crippen molar-refractivity contribution in [1.29, 1.82) is 0 Å². The van der Waals surface area contributed by atoms with E-state index in [0.29, 0.717) is 0 Å². The normalized spacial score (nSPS) is 20.8. The molecule has 0 aromatic carbocycles. The summed E-state index contributed by atoms with van der Waals surface area (Å²) >= 11 is 0. The van der Waals surface area contributed by atoms with E-state index in [-0.39, 0.29) is 12.2 Å². The molecule has 7 nitrogen and oxygen atoms in total. The molecule has 1 aromatic rings. The lowest BCUT2D eigenvalue weighted by Gasteiger charge is -2.30.